The molecular formula is C15H16BrN3O2. The number of methoxy groups -OCH3 is 1. The van der Waals surface area contributed by atoms with Crippen LogP contribution in [0.1, 0.15) is 29.4 Å². The van der Waals surface area contributed by atoms with Crippen LogP contribution in [0.15, 0.2) is 34.9 Å². The molecule has 3 rings (SSSR count). The minimum atomic E-state index is -0.142. The Labute approximate surface area is 131 Å². The predicted octanol–water partition coefficient (Wildman–Crippen LogP) is 3.43. The summed E-state index contributed by atoms with van der Waals surface area (Å²) in [6.45, 7) is 0. The summed E-state index contributed by atoms with van der Waals surface area (Å²) in [7, 11) is 1.56. The van der Waals surface area contributed by atoms with Crippen LogP contribution in [0.5, 0.6) is 5.75 Å². The van der Waals surface area contributed by atoms with Gasteiger partial charge in [0.1, 0.15) is 11.4 Å². The Hall–Kier alpha value is -1.95. The van der Waals surface area contributed by atoms with E-state index in [-0.39, 0.29) is 5.91 Å². The van der Waals surface area contributed by atoms with Crippen molar-refractivity contribution in [2.45, 2.75) is 18.9 Å². The van der Waals surface area contributed by atoms with Gasteiger partial charge >= 0.3 is 0 Å². The lowest BCUT2D eigenvalue weighted by Gasteiger charge is -2.10. The Kier molecular flexibility index (Phi) is 3.63. The monoisotopic (exact) mass is 349 g/mol. The van der Waals surface area contributed by atoms with Crippen LogP contribution in [-0.2, 0) is 0 Å². The Morgan fingerprint density at radius 2 is 2.19 bits per heavy atom. The lowest BCUT2D eigenvalue weighted by atomic mass is 10.2. The minimum absolute atomic E-state index is 0.142. The fourth-order valence-electron chi connectivity index (χ4n) is 2.29. The summed E-state index contributed by atoms with van der Waals surface area (Å²) in [5.41, 5.74) is 7.65. The number of aromatic nitrogens is 1. The van der Waals surface area contributed by atoms with Gasteiger partial charge in [0.05, 0.1) is 12.8 Å². The molecule has 1 heterocycles. The van der Waals surface area contributed by atoms with Crippen molar-refractivity contribution >= 4 is 33.2 Å². The highest BCUT2D eigenvalue weighted by Crippen LogP contribution is 2.37. The quantitative estimate of drug-likeness (QED) is 0.830. The van der Waals surface area contributed by atoms with Crippen molar-refractivity contribution in [3.05, 3.63) is 40.6 Å². The molecule has 0 aliphatic heterocycles. The van der Waals surface area contributed by atoms with Crippen LogP contribution in [0.4, 0.5) is 11.4 Å². The van der Waals surface area contributed by atoms with Crippen molar-refractivity contribution in [2.24, 2.45) is 0 Å². The number of halogens is 1. The first kappa shape index (κ1) is 14.0. The molecule has 0 spiro atoms. The average molecular weight is 350 g/mol. The number of nitrogens with one attached hydrogen (secondary N) is 1. The molecule has 1 aliphatic rings. The molecule has 3 N–H and O–H groups in total. The van der Waals surface area contributed by atoms with Crippen LogP contribution >= 0.6 is 15.9 Å². The van der Waals surface area contributed by atoms with Gasteiger partial charge in [-0.05, 0) is 53.0 Å². The maximum Gasteiger partial charge on any atom is 0.272 e. The zero-order valence-electron chi connectivity index (χ0n) is 11.6. The van der Waals surface area contributed by atoms with Gasteiger partial charge in [-0.3, -0.25) is 4.79 Å². The first-order chi connectivity index (χ1) is 10.1. The Bertz CT molecular complexity index is 692. The fraction of sp³-hybridized carbons (Fsp3) is 0.267. The number of hydrogen-bond donors (Lipinski definition) is 2. The van der Waals surface area contributed by atoms with Crippen molar-refractivity contribution in [3.63, 3.8) is 0 Å². The second-order valence-corrected chi connectivity index (χ2v) is 6.01. The Balaban J connectivity index is 1.81. The van der Waals surface area contributed by atoms with E-state index >= 15 is 0 Å². The molecule has 0 unspecified atom stereocenters. The summed E-state index contributed by atoms with van der Waals surface area (Å²) in [5.74, 6) is 0.453. The van der Waals surface area contributed by atoms with Gasteiger partial charge in [-0.1, -0.05) is 0 Å². The summed E-state index contributed by atoms with van der Waals surface area (Å²) in [4.78, 5) is 12.4. The van der Waals surface area contributed by atoms with Crippen molar-refractivity contribution in [3.8, 4) is 5.75 Å². The molecular weight excluding hydrogens is 334 g/mol. The van der Waals surface area contributed by atoms with E-state index in [2.05, 4.69) is 21.2 Å². The molecule has 1 amide bonds. The molecule has 1 fully saturated rings. The second-order valence-electron chi connectivity index (χ2n) is 5.09. The minimum Gasteiger partial charge on any atom is -0.495 e. The van der Waals surface area contributed by atoms with E-state index in [1.807, 2.05) is 16.8 Å². The molecule has 0 radical (unpaired) electrons. The van der Waals surface area contributed by atoms with E-state index in [0.717, 1.165) is 17.3 Å². The van der Waals surface area contributed by atoms with Crippen molar-refractivity contribution < 1.29 is 9.53 Å². The summed E-state index contributed by atoms with van der Waals surface area (Å²) in [6.07, 6.45) is 4.20. The molecule has 2 aromatic rings. The van der Waals surface area contributed by atoms with Gasteiger partial charge in [0.2, 0.25) is 0 Å². The molecule has 1 aliphatic carbocycles. The highest BCUT2D eigenvalue weighted by molar-refractivity contribution is 9.10. The van der Waals surface area contributed by atoms with Gasteiger partial charge in [0, 0.05) is 22.4 Å². The third-order valence-corrected chi connectivity index (χ3v) is 3.91. The lowest BCUT2D eigenvalue weighted by Crippen LogP contribution is -2.16. The van der Waals surface area contributed by atoms with Crippen LogP contribution in [0.25, 0.3) is 0 Å². The van der Waals surface area contributed by atoms with Gasteiger partial charge < -0.3 is 20.4 Å². The van der Waals surface area contributed by atoms with Crippen LogP contribution in [0.3, 0.4) is 0 Å². The van der Waals surface area contributed by atoms with Gasteiger partial charge in [-0.2, -0.15) is 0 Å². The van der Waals surface area contributed by atoms with Gasteiger partial charge in [0.15, 0.2) is 0 Å². The standard InChI is InChI=1S/C15H16BrN3O2/c1-21-14-5-2-10(7-12(14)17)18-15(20)13-6-9(16)8-19(13)11-3-4-11/h2,5-8,11H,3-4,17H2,1H3,(H,18,20). The van der Waals surface area contributed by atoms with Gasteiger partial charge in [0.25, 0.3) is 5.91 Å². The van der Waals surface area contributed by atoms with Gasteiger partial charge in [-0.15, -0.1) is 0 Å². The predicted molar refractivity (Wildman–Crippen MR) is 85.8 cm³/mol. The summed E-state index contributed by atoms with van der Waals surface area (Å²) in [6, 6.07) is 7.47. The third-order valence-electron chi connectivity index (χ3n) is 3.48. The van der Waals surface area contributed by atoms with Crippen molar-refractivity contribution in [1.82, 2.24) is 4.57 Å². The number of rotatable bonds is 4. The molecule has 21 heavy (non-hydrogen) atoms. The number of nitrogens with zero attached hydrogens (tertiary/aromatic N) is 1. The smallest absolute Gasteiger partial charge is 0.272 e. The van der Waals surface area contributed by atoms with Crippen molar-refractivity contribution in [1.29, 1.82) is 0 Å². The third kappa shape index (κ3) is 2.90. The van der Waals surface area contributed by atoms with Crippen LogP contribution in [-0.4, -0.2) is 17.6 Å². The normalized spacial score (nSPS) is 14.0. The highest BCUT2D eigenvalue weighted by atomic mass is 79.9. The van der Waals surface area contributed by atoms with E-state index in [9.17, 15) is 4.79 Å². The number of nitrogens with two attached hydrogens (primary N) is 1. The number of ether oxygens (including phenoxy) is 1. The summed E-state index contributed by atoms with van der Waals surface area (Å²) >= 11 is 3.43. The maximum absolute atomic E-state index is 12.4. The fourth-order valence-corrected chi connectivity index (χ4v) is 2.73. The van der Waals surface area contributed by atoms with E-state index in [4.69, 9.17) is 10.5 Å². The van der Waals surface area contributed by atoms with Crippen LogP contribution in [0, 0.1) is 0 Å². The second kappa shape index (κ2) is 5.44. The largest absolute Gasteiger partial charge is 0.495 e. The van der Waals surface area contributed by atoms with E-state index in [0.29, 0.717) is 28.9 Å². The molecule has 0 bridgehead atoms. The molecule has 0 atom stereocenters. The zero-order chi connectivity index (χ0) is 15.0. The number of benzene rings is 1. The number of amides is 1. The van der Waals surface area contributed by atoms with E-state index in [1.54, 1.807) is 25.3 Å². The van der Waals surface area contributed by atoms with Gasteiger partial charge in [-0.25, -0.2) is 0 Å². The zero-order valence-corrected chi connectivity index (χ0v) is 13.2. The highest BCUT2D eigenvalue weighted by Gasteiger charge is 2.27. The molecule has 110 valence electrons. The lowest BCUT2D eigenvalue weighted by molar-refractivity contribution is 0.101. The molecule has 5 nitrogen and oxygen atoms in total. The number of hydrogen-bond acceptors (Lipinski definition) is 3. The molecule has 1 aromatic carbocycles. The molecule has 6 heteroatoms. The van der Waals surface area contributed by atoms with E-state index in [1.165, 1.54) is 0 Å². The number of carbonyl (C=O) groups excluding carboxylic acids is 1. The van der Waals surface area contributed by atoms with E-state index < -0.39 is 0 Å². The van der Waals surface area contributed by atoms with Crippen molar-refractivity contribution in [2.75, 3.05) is 18.2 Å². The maximum atomic E-state index is 12.4. The average Bonchev–Trinajstić information content (AvgIpc) is 3.21. The first-order valence-electron chi connectivity index (χ1n) is 6.70. The molecule has 0 saturated heterocycles. The summed E-state index contributed by atoms with van der Waals surface area (Å²) < 4.78 is 8.03. The number of nitrogen functional groups attached to an aromatic ring is 1. The summed E-state index contributed by atoms with van der Waals surface area (Å²) in [5, 5.41) is 2.87. The Morgan fingerprint density at radius 1 is 1.43 bits per heavy atom. The van der Waals surface area contributed by atoms with Crippen LogP contribution in [0.2, 0.25) is 0 Å². The molecule has 1 aromatic heterocycles. The van der Waals surface area contributed by atoms with Crippen LogP contribution < -0.4 is 15.8 Å². The Morgan fingerprint density at radius 3 is 2.81 bits per heavy atom. The number of anilines is 2. The molecule has 1 saturated carbocycles. The number of carbonyl (C=O) groups is 1. The first-order valence-corrected chi connectivity index (χ1v) is 7.50. The topological polar surface area (TPSA) is 69.3 Å². The SMILES string of the molecule is COc1ccc(NC(=O)c2cc(Br)cn2C2CC2)cc1N.